The molecule has 1 nitrogen and oxygen atoms in total. The third-order valence-corrected chi connectivity index (χ3v) is 2.86. The molecule has 0 spiro atoms. The Morgan fingerprint density at radius 1 is 1.11 bits per heavy atom. The van der Waals surface area contributed by atoms with Gasteiger partial charge in [0.25, 0.3) is 0 Å². The van der Waals surface area contributed by atoms with Crippen LogP contribution in [-0.2, 0) is 12.0 Å². The third kappa shape index (κ3) is 4.15. The fraction of sp³-hybridized carbons (Fsp3) is 0.412. The molecule has 0 saturated carbocycles. The van der Waals surface area contributed by atoms with Crippen molar-refractivity contribution in [2.45, 2.75) is 45.6 Å². The minimum Gasteiger partial charge on any atom is -0.385 e. The van der Waals surface area contributed by atoms with Crippen molar-refractivity contribution in [3.8, 4) is 0 Å². The van der Waals surface area contributed by atoms with E-state index in [4.69, 9.17) is 0 Å². The molecular formula is C17H26O. The normalized spacial score (nSPS) is 10.2. The van der Waals surface area contributed by atoms with Gasteiger partial charge in [0.1, 0.15) is 0 Å². The molecule has 0 atom stereocenters. The van der Waals surface area contributed by atoms with Crippen molar-refractivity contribution in [1.82, 2.24) is 0 Å². The quantitative estimate of drug-likeness (QED) is 0.726. The van der Waals surface area contributed by atoms with Crippen molar-refractivity contribution in [2.24, 2.45) is 0 Å². The van der Waals surface area contributed by atoms with Crippen LogP contribution in [0.2, 0.25) is 0 Å². The predicted octanol–water partition coefficient (Wildman–Crippen LogP) is 4.62. The second-order valence-electron chi connectivity index (χ2n) is 4.03. The molecule has 0 aliphatic rings. The summed E-state index contributed by atoms with van der Waals surface area (Å²) in [6.07, 6.45) is 5.55. The Labute approximate surface area is 112 Å². The fourth-order valence-corrected chi connectivity index (χ4v) is 2.06. The molecular weight excluding hydrogens is 220 g/mol. The Morgan fingerprint density at radius 2 is 1.61 bits per heavy atom. The highest BCUT2D eigenvalue weighted by atomic mass is 16.3. The van der Waals surface area contributed by atoms with Gasteiger partial charge in [-0.3, -0.25) is 0 Å². The standard InChI is InChI=1S/C15H20O.C2H6/c1-4-11-15(16,12-5-2)14-10-8-7-9-13(14)6-3;1-2/h4-5,7-10,16H,1-2,6,11-12H2,3H3;1-2H3. The highest BCUT2D eigenvalue weighted by Crippen LogP contribution is 2.32. The molecule has 1 N–H and O–H groups in total. The molecule has 1 heteroatoms. The molecule has 1 aromatic carbocycles. The molecule has 0 radical (unpaired) electrons. The van der Waals surface area contributed by atoms with E-state index in [1.54, 1.807) is 12.2 Å². The largest absolute Gasteiger partial charge is 0.385 e. The molecule has 1 aromatic rings. The summed E-state index contributed by atoms with van der Waals surface area (Å²) in [5.74, 6) is 0. The van der Waals surface area contributed by atoms with E-state index in [9.17, 15) is 5.11 Å². The van der Waals surface area contributed by atoms with E-state index in [1.807, 2.05) is 32.0 Å². The lowest BCUT2D eigenvalue weighted by atomic mass is 9.83. The molecule has 0 unspecified atom stereocenters. The van der Waals surface area contributed by atoms with Crippen molar-refractivity contribution in [1.29, 1.82) is 0 Å². The highest BCUT2D eigenvalue weighted by Gasteiger charge is 2.27. The summed E-state index contributed by atoms with van der Waals surface area (Å²) in [5.41, 5.74) is 1.34. The predicted molar refractivity (Wildman–Crippen MR) is 80.7 cm³/mol. The average Bonchev–Trinajstić information content (AvgIpc) is 2.41. The van der Waals surface area contributed by atoms with Gasteiger partial charge in [0.05, 0.1) is 5.60 Å². The Balaban J connectivity index is 0.00000137. The van der Waals surface area contributed by atoms with Gasteiger partial charge < -0.3 is 5.11 Å². The number of hydrogen-bond acceptors (Lipinski definition) is 1. The van der Waals surface area contributed by atoms with Crippen LogP contribution in [0, 0.1) is 0 Å². The molecule has 18 heavy (non-hydrogen) atoms. The van der Waals surface area contributed by atoms with Crippen molar-refractivity contribution >= 4 is 0 Å². The molecule has 1 rings (SSSR count). The molecule has 0 fully saturated rings. The molecule has 0 saturated heterocycles. The minimum atomic E-state index is -0.851. The Morgan fingerprint density at radius 3 is 2.06 bits per heavy atom. The summed E-state index contributed by atoms with van der Waals surface area (Å²) in [4.78, 5) is 0. The first-order valence-electron chi connectivity index (χ1n) is 6.70. The number of benzene rings is 1. The first kappa shape index (κ1) is 16.7. The molecule has 0 amide bonds. The maximum absolute atomic E-state index is 10.7. The van der Waals surface area contributed by atoms with Crippen molar-refractivity contribution < 1.29 is 5.11 Å². The zero-order chi connectivity index (χ0) is 14.0. The SMILES string of the molecule is C=CCC(O)(CC=C)c1ccccc1CC.CC. The first-order valence-corrected chi connectivity index (χ1v) is 6.70. The van der Waals surface area contributed by atoms with Crippen LogP contribution >= 0.6 is 0 Å². The minimum absolute atomic E-state index is 0.552. The fourth-order valence-electron chi connectivity index (χ4n) is 2.06. The van der Waals surface area contributed by atoms with Gasteiger partial charge in [-0.15, -0.1) is 13.2 Å². The maximum atomic E-state index is 10.7. The van der Waals surface area contributed by atoms with Crippen LogP contribution in [0.5, 0.6) is 0 Å². The summed E-state index contributed by atoms with van der Waals surface area (Å²) in [5, 5.41) is 10.7. The van der Waals surface area contributed by atoms with Gasteiger partial charge in [-0.1, -0.05) is 57.2 Å². The first-order chi connectivity index (χ1) is 8.68. The van der Waals surface area contributed by atoms with Gasteiger partial charge in [-0.2, -0.15) is 0 Å². The van der Waals surface area contributed by atoms with Crippen LogP contribution in [-0.4, -0.2) is 5.11 Å². The van der Waals surface area contributed by atoms with E-state index >= 15 is 0 Å². The van der Waals surface area contributed by atoms with Crippen molar-refractivity contribution in [2.75, 3.05) is 0 Å². The number of aliphatic hydroxyl groups is 1. The molecule has 0 aliphatic heterocycles. The van der Waals surface area contributed by atoms with Gasteiger partial charge in [-0.05, 0) is 30.4 Å². The van der Waals surface area contributed by atoms with Crippen LogP contribution in [0.4, 0.5) is 0 Å². The van der Waals surface area contributed by atoms with Gasteiger partial charge in [0.2, 0.25) is 0 Å². The van der Waals surface area contributed by atoms with Crippen molar-refractivity contribution in [3.05, 3.63) is 60.7 Å². The lowest BCUT2D eigenvalue weighted by molar-refractivity contribution is 0.0421. The summed E-state index contributed by atoms with van der Waals surface area (Å²) in [6, 6.07) is 8.02. The van der Waals surface area contributed by atoms with Crippen LogP contribution in [0.1, 0.15) is 44.7 Å². The smallest absolute Gasteiger partial charge is 0.0967 e. The highest BCUT2D eigenvalue weighted by molar-refractivity contribution is 5.33. The van der Waals surface area contributed by atoms with E-state index in [2.05, 4.69) is 26.1 Å². The Hall–Kier alpha value is -1.34. The second-order valence-corrected chi connectivity index (χ2v) is 4.03. The molecule has 0 bridgehead atoms. The van der Waals surface area contributed by atoms with Crippen molar-refractivity contribution in [3.63, 3.8) is 0 Å². The monoisotopic (exact) mass is 246 g/mol. The molecule has 0 heterocycles. The molecule has 0 aliphatic carbocycles. The second kappa shape index (κ2) is 8.71. The van der Waals surface area contributed by atoms with E-state index in [0.717, 1.165) is 12.0 Å². The van der Waals surface area contributed by atoms with Gasteiger partial charge >= 0.3 is 0 Å². The van der Waals surface area contributed by atoms with Gasteiger partial charge in [-0.25, -0.2) is 0 Å². The molecule has 0 aromatic heterocycles. The van der Waals surface area contributed by atoms with Crippen LogP contribution in [0.15, 0.2) is 49.6 Å². The topological polar surface area (TPSA) is 20.2 Å². The number of aryl methyl sites for hydroxylation is 1. The van der Waals surface area contributed by atoms with E-state index in [0.29, 0.717) is 12.8 Å². The Bertz CT molecular complexity index is 356. The summed E-state index contributed by atoms with van der Waals surface area (Å²) in [6.45, 7) is 13.5. The number of rotatable bonds is 6. The zero-order valence-corrected chi connectivity index (χ0v) is 11.9. The van der Waals surface area contributed by atoms with E-state index < -0.39 is 5.60 Å². The van der Waals surface area contributed by atoms with E-state index in [-0.39, 0.29) is 0 Å². The summed E-state index contributed by atoms with van der Waals surface area (Å²) >= 11 is 0. The van der Waals surface area contributed by atoms with Crippen LogP contribution < -0.4 is 0 Å². The lowest BCUT2D eigenvalue weighted by Gasteiger charge is -2.28. The summed E-state index contributed by atoms with van der Waals surface area (Å²) < 4.78 is 0. The van der Waals surface area contributed by atoms with Gasteiger partial charge in [0.15, 0.2) is 0 Å². The summed E-state index contributed by atoms with van der Waals surface area (Å²) in [7, 11) is 0. The van der Waals surface area contributed by atoms with Gasteiger partial charge in [0, 0.05) is 0 Å². The average molecular weight is 246 g/mol. The lowest BCUT2D eigenvalue weighted by Crippen LogP contribution is -2.25. The third-order valence-electron chi connectivity index (χ3n) is 2.86. The van der Waals surface area contributed by atoms with Crippen LogP contribution in [0.3, 0.4) is 0 Å². The Kier molecular flexibility index (Phi) is 8.06. The molecule has 100 valence electrons. The van der Waals surface area contributed by atoms with Crippen LogP contribution in [0.25, 0.3) is 0 Å². The zero-order valence-electron chi connectivity index (χ0n) is 11.9. The van der Waals surface area contributed by atoms with E-state index in [1.165, 1.54) is 5.56 Å². The maximum Gasteiger partial charge on any atom is 0.0967 e. The number of hydrogen-bond donors (Lipinski definition) is 1.